The quantitative estimate of drug-likeness (QED) is 0.787. The highest BCUT2D eigenvalue weighted by Crippen LogP contribution is 2.31. The zero-order valence-corrected chi connectivity index (χ0v) is 12.4. The molecule has 2 nitrogen and oxygen atoms in total. The number of rotatable bonds is 3. The summed E-state index contributed by atoms with van der Waals surface area (Å²) in [6, 6.07) is 8.31. The summed E-state index contributed by atoms with van der Waals surface area (Å²) in [4.78, 5) is 11.2. The van der Waals surface area contributed by atoms with Crippen molar-refractivity contribution in [2.24, 2.45) is 0 Å². The molecule has 0 aromatic heterocycles. The molecule has 1 saturated carbocycles. The number of benzene rings is 1. The van der Waals surface area contributed by atoms with Gasteiger partial charge in [-0.2, -0.15) is 0 Å². The Morgan fingerprint density at radius 1 is 1.05 bits per heavy atom. The monoisotopic (exact) mass is 262 g/mol. The van der Waals surface area contributed by atoms with E-state index in [1.807, 2.05) is 19.1 Å². The van der Waals surface area contributed by atoms with Crippen LogP contribution in [0.4, 0.5) is 0 Å². The van der Waals surface area contributed by atoms with Crippen molar-refractivity contribution in [2.45, 2.75) is 58.8 Å². The molecule has 2 heteroatoms. The number of hydrogen-bond acceptors (Lipinski definition) is 2. The minimum absolute atomic E-state index is 0.419. The van der Waals surface area contributed by atoms with Crippen LogP contribution in [0.5, 0.6) is 5.75 Å². The summed E-state index contributed by atoms with van der Waals surface area (Å²) in [6.07, 6.45) is 4.76. The zero-order chi connectivity index (χ0) is 14.1. The van der Waals surface area contributed by atoms with Gasteiger partial charge in [0, 0.05) is 12.8 Å². The van der Waals surface area contributed by atoms with E-state index < -0.39 is 0 Å². The summed E-state index contributed by atoms with van der Waals surface area (Å²) in [7, 11) is 0. The second-order valence-corrected chi connectivity index (χ2v) is 5.02. The Labute approximate surface area is 117 Å². The third kappa shape index (κ3) is 5.46. The first-order chi connectivity index (χ1) is 9.21. The van der Waals surface area contributed by atoms with E-state index in [-0.39, 0.29) is 0 Å². The van der Waals surface area contributed by atoms with Gasteiger partial charge in [-0.15, -0.1) is 0 Å². The summed E-state index contributed by atoms with van der Waals surface area (Å²) < 4.78 is 5.41. The SMILES string of the molecule is CCC.CCOc1ccc(C2CCC(=O)CC2)cc1. The topological polar surface area (TPSA) is 26.3 Å². The maximum absolute atomic E-state index is 11.2. The first kappa shape index (κ1) is 15.7. The van der Waals surface area contributed by atoms with E-state index in [4.69, 9.17) is 4.74 Å². The lowest BCUT2D eigenvalue weighted by molar-refractivity contribution is -0.120. The molecule has 0 aliphatic heterocycles. The third-order valence-corrected chi connectivity index (χ3v) is 3.21. The molecule has 0 spiro atoms. The molecule has 0 atom stereocenters. The smallest absolute Gasteiger partial charge is 0.132 e. The molecule has 0 heterocycles. The fraction of sp³-hybridized carbons (Fsp3) is 0.588. The largest absolute Gasteiger partial charge is 0.494 e. The Bertz CT molecular complexity index is 357. The first-order valence-corrected chi connectivity index (χ1v) is 7.45. The van der Waals surface area contributed by atoms with Crippen LogP contribution in [0.2, 0.25) is 0 Å². The van der Waals surface area contributed by atoms with Gasteiger partial charge in [0.2, 0.25) is 0 Å². The van der Waals surface area contributed by atoms with Gasteiger partial charge in [-0.25, -0.2) is 0 Å². The molecule has 106 valence electrons. The number of carbonyl (C=O) groups excluding carboxylic acids is 1. The number of Topliss-reactive ketones (excluding diaryl/α,β-unsaturated/α-hetero) is 1. The molecule has 2 rings (SSSR count). The van der Waals surface area contributed by atoms with Crippen LogP contribution < -0.4 is 4.74 Å². The number of carbonyl (C=O) groups is 1. The predicted molar refractivity (Wildman–Crippen MR) is 79.8 cm³/mol. The van der Waals surface area contributed by atoms with Crippen molar-refractivity contribution in [1.29, 1.82) is 0 Å². The summed E-state index contributed by atoms with van der Waals surface area (Å²) in [5.41, 5.74) is 1.34. The maximum atomic E-state index is 11.2. The van der Waals surface area contributed by atoms with Crippen LogP contribution in [0, 0.1) is 0 Å². The van der Waals surface area contributed by atoms with Gasteiger partial charge in [-0.3, -0.25) is 4.79 Å². The lowest BCUT2D eigenvalue weighted by Gasteiger charge is -2.21. The van der Waals surface area contributed by atoms with E-state index in [1.54, 1.807) is 0 Å². The van der Waals surface area contributed by atoms with Gasteiger partial charge in [0.15, 0.2) is 0 Å². The molecule has 0 bridgehead atoms. The highest BCUT2D eigenvalue weighted by molar-refractivity contribution is 5.79. The summed E-state index contributed by atoms with van der Waals surface area (Å²) in [5, 5.41) is 0. The highest BCUT2D eigenvalue weighted by Gasteiger charge is 2.19. The summed E-state index contributed by atoms with van der Waals surface area (Å²) >= 11 is 0. The first-order valence-electron chi connectivity index (χ1n) is 7.45. The fourth-order valence-corrected chi connectivity index (χ4v) is 2.28. The zero-order valence-electron chi connectivity index (χ0n) is 12.4. The molecule has 0 radical (unpaired) electrons. The average Bonchev–Trinajstić information content (AvgIpc) is 2.42. The third-order valence-electron chi connectivity index (χ3n) is 3.21. The normalized spacial score (nSPS) is 15.6. The van der Waals surface area contributed by atoms with Crippen LogP contribution in [0.3, 0.4) is 0 Å². The van der Waals surface area contributed by atoms with Crippen molar-refractivity contribution >= 4 is 5.78 Å². The van der Waals surface area contributed by atoms with Crippen LogP contribution in [0.15, 0.2) is 24.3 Å². The Morgan fingerprint density at radius 2 is 1.58 bits per heavy atom. The molecule has 19 heavy (non-hydrogen) atoms. The van der Waals surface area contributed by atoms with E-state index >= 15 is 0 Å². The molecular weight excluding hydrogens is 236 g/mol. The van der Waals surface area contributed by atoms with Crippen LogP contribution in [-0.2, 0) is 4.79 Å². The van der Waals surface area contributed by atoms with Gasteiger partial charge in [0.1, 0.15) is 11.5 Å². The van der Waals surface area contributed by atoms with Gasteiger partial charge < -0.3 is 4.74 Å². The van der Waals surface area contributed by atoms with Crippen molar-refractivity contribution in [1.82, 2.24) is 0 Å². The van der Waals surface area contributed by atoms with Crippen LogP contribution >= 0.6 is 0 Å². The van der Waals surface area contributed by atoms with E-state index in [9.17, 15) is 4.79 Å². The minimum atomic E-state index is 0.419. The van der Waals surface area contributed by atoms with E-state index in [1.165, 1.54) is 12.0 Å². The predicted octanol–water partition coefficient (Wildman–Crippen LogP) is 4.73. The van der Waals surface area contributed by atoms with Gasteiger partial charge in [-0.1, -0.05) is 32.4 Å². The average molecular weight is 262 g/mol. The lowest BCUT2D eigenvalue weighted by atomic mass is 9.83. The number of ether oxygens (including phenoxy) is 1. The van der Waals surface area contributed by atoms with Crippen molar-refractivity contribution in [3.05, 3.63) is 29.8 Å². The molecule has 1 aliphatic rings. The van der Waals surface area contributed by atoms with Crippen LogP contribution in [0.25, 0.3) is 0 Å². The Hall–Kier alpha value is -1.31. The lowest BCUT2D eigenvalue weighted by Crippen LogP contribution is -2.12. The second-order valence-electron chi connectivity index (χ2n) is 5.02. The summed E-state index contributed by atoms with van der Waals surface area (Å²) in [6.45, 7) is 6.94. The van der Waals surface area contributed by atoms with Crippen LogP contribution in [-0.4, -0.2) is 12.4 Å². The van der Waals surface area contributed by atoms with E-state index in [2.05, 4.69) is 26.0 Å². The number of ketones is 1. The molecule has 1 fully saturated rings. The van der Waals surface area contributed by atoms with Crippen molar-refractivity contribution < 1.29 is 9.53 Å². The Morgan fingerprint density at radius 3 is 2.05 bits per heavy atom. The second kappa shape index (κ2) is 8.73. The summed E-state index contributed by atoms with van der Waals surface area (Å²) in [5.74, 6) is 1.91. The van der Waals surface area contributed by atoms with Crippen molar-refractivity contribution in [3.8, 4) is 5.75 Å². The van der Waals surface area contributed by atoms with Gasteiger partial charge in [0.05, 0.1) is 6.61 Å². The molecular formula is C17H26O2. The molecule has 0 amide bonds. The van der Waals surface area contributed by atoms with E-state index in [0.29, 0.717) is 18.3 Å². The molecule has 1 aliphatic carbocycles. The highest BCUT2D eigenvalue weighted by atomic mass is 16.5. The Kier molecular flexibility index (Phi) is 7.24. The standard InChI is InChI=1S/C14H18O2.C3H8/c1-2-16-14-9-5-12(6-10-14)11-3-7-13(15)8-4-11;1-3-2/h5-6,9-11H,2-4,7-8H2,1H3;3H2,1-2H3. The molecule has 0 unspecified atom stereocenters. The van der Waals surface area contributed by atoms with Gasteiger partial charge in [-0.05, 0) is 43.4 Å². The minimum Gasteiger partial charge on any atom is -0.494 e. The molecule has 0 saturated heterocycles. The van der Waals surface area contributed by atoms with Gasteiger partial charge in [0.25, 0.3) is 0 Å². The van der Waals surface area contributed by atoms with E-state index in [0.717, 1.165) is 31.4 Å². The van der Waals surface area contributed by atoms with Crippen LogP contribution in [0.1, 0.15) is 64.4 Å². The van der Waals surface area contributed by atoms with Crippen molar-refractivity contribution in [3.63, 3.8) is 0 Å². The Balaban J connectivity index is 0.000000550. The fourth-order valence-electron chi connectivity index (χ4n) is 2.28. The number of hydrogen-bond donors (Lipinski definition) is 0. The molecule has 0 N–H and O–H groups in total. The van der Waals surface area contributed by atoms with Crippen molar-refractivity contribution in [2.75, 3.05) is 6.61 Å². The maximum Gasteiger partial charge on any atom is 0.132 e. The molecule has 1 aromatic carbocycles. The molecule has 1 aromatic rings. The van der Waals surface area contributed by atoms with Gasteiger partial charge >= 0.3 is 0 Å².